The molecule has 0 saturated carbocycles. The normalized spacial score (nSPS) is 26.0. The topological polar surface area (TPSA) is 40.5 Å². The average Bonchev–Trinajstić information content (AvgIpc) is 2.59. The fourth-order valence-electron chi connectivity index (χ4n) is 2.80. The summed E-state index contributed by atoms with van der Waals surface area (Å²) < 4.78 is 0. The van der Waals surface area contributed by atoms with Crippen LogP contribution in [0.5, 0.6) is 0 Å². The first kappa shape index (κ1) is 15.2. The van der Waals surface area contributed by atoms with Crippen LogP contribution in [0.15, 0.2) is 24.3 Å². The first-order valence-electron chi connectivity index (χ1n) is 7.46. The van der Waals surface area contributed by atoms with E-state index < -0.39 is 5.60 Å². The van der Waals surface area contributed by atoms with Gasteiger partial charge in [-0.1, -0.05) is 29.8 Å². The van der Waals surface area contributed by atoms with Crippen LogP contribution in [0.4, 0.5) is 0 Å². The molecule has 2 rings (SSSR count). The molecule has 3 nitrogen and oxygen atoms in total. The molecule has 1 aromatic rings. The molecule has 0 aliphatic carbocycles. The maximum Gasteiger partial charge on any atom is 0.179 e. The predicted molar refractivity (Wildman–Crippen MR) is 81.0 cm³/mol. The van der Waals surface area contributed by atoms with Gasteiger partial charge in [0, 0.05) is 12.1 Å². The Balaban J connectivity index is 2.05. The van der Waals surface area contributed by atoms with Crippen molar-refractivity contribution in [3.8, 4) is 0 Å². The Labute approximate surface area is 121 Å². The van der Waals surface area contributed by atoms with Gasteiger partial charge in [0.15, 0.2) is 5.78 Å². The van der Waals surface area contributed by atoms with Gasteiger partial charge < -0.3 is 5.11 Å². The van der Waals surface area contributed by atoms with Gasteiger partial charge in [-0.2, -0.15) is 0 Å². The molecular formula is C17H25NO2. The van der Waals surface area contributed by atoms with Gasteiger partial charge in [-0.15, -0.1) is 0 Å². The number of benzene rings is 1. The summed E-state index contributed by atoms with van der Waals surface area (Å²) >= 11 is 0. The zero-order valence-corrected chi connectivity index (χ0v) is 12.7. The third kappa shape index (κ3) is 3.68. The van der Waals surface area contributed by atoms with Crippen molar-refractivity contribution in [1.82, 2.24) is 4.90 Å². The van der Waals surface area contributed by atoms with Crippen LogP contribution in [-0.2, 0) is 0 Å². The quantitative estimate of drug-likeness (QED) is 0.862. The van der Waals surface area contributed by atoms with Crippen molar-refractivity contribution in [2.24, 2.45) is 0 Å². The number of hydrogen-bond acceptors (Lipinski definition) is 3. The molecule has 0 spiro atoms. The van der Waals surface area contributed by atoms with Gasteiger partial charge in [0.2, 0.25) is 0 Å². The number of rotatable bonds is 3. The van der Waals surface area contributed by atoms with Crippen molar-refractivity contribution in [2.75, 3.05) is 13.1 Å². The Hall–Kier alpha value is -1.19. The predicted octanol–water partition coefficient (Wildman–Crippen LogP) is 2.80. The monoisotopic (exact) mass is 275 g/mol. The number of aliphatic hydroxyl groups is 1. The lowest BCUT2D eigenvalue weighted by Gasteiger charge is -2.27. The van der Waals surface area contributed by atoms with Crippen LogP contribution in [0.25, 0.3) is 0 Å². The van der Waals surface area contributed by atoms with Crippen LogP contribution in [0, 0.1) is 6.92 Å². The second-order valence-corrected chi connectivity index (χ2v) is 6.29. The number of ketones is 1. The lowest BCUT2D eigenvalue weighted by atomic mass is 9.98. The highest BCUT2D eigenvalue weighted by Crippen LogP contribution is 2.23. The van der Waals surface area contributed by atoms with E-state index in [-0.39, 0.29) is 11.8 Å². The molecule has 2 atom stereocenters. The minimum Gasteiger partial charge on any atom is -0.390 e. The summed E-state index contributed by atoms with van der Waals surface area (Å²) in [5.41, 5.74) is 1.36. The van der Waals surface area contributed by atoms with E-state index in [1.54, 1.807) is 0 Å². The van der Waals surface area contributed by atoms with Gasteiger partial charge >= 0.3 is 0 Å². The van der Waals surface area contributed by atoms with Gasteiger partial charge in [0.05, 0.1) is 11.6 Å². The van der Waals surface area contributed by atoms with Gasteiger partial charge in [-0.3, -0.25) is 9.69 Å². The summed E-state index contributed by atoms with van der Waals surface area (Å²) in [7, 11) is 0. The Bertz CT molecular complexity index is 464. The van der Waals surface area contributed by atoms with E-state index in [0.717, 1.165) is 37.9 Å². The fourth-order valence-corrected chi connectivity index (χ4v) is 2.80. The summed E-state index contributed by atoms with van der Waals surface area (Å²) in [6, 6.07) is 7.65. The molecule has 1 aromatic carbocycles. The fraction of sp³-hybridized carbons (Fsp3) is 0.588. The molecule has 0 radical (unpaired) electrons. The SMILES string of the molecule is Cc1ccc(C(=O)C(C)N2CCCC(C)(O)CC2)cc1. The Morgan fingerprint density at radius 3 is 2.55 bits per heavy atom. The molecule has 0 aromatic heterocycles. The van der Waals surface area contributed by atoms with Gasteiger partial charge in [-0.25, -0.2) is 0 Å². The van der Waals surface area contributed by atoms with Crippen LogP contribution in [0.1, 0.15) is 49.0 Å². The van der Waals surface area contributed by atoms with E-state index in [1.165, 1.54) is 5.56 Å². The van der Waals surface area contributed by atoms with Crippen molar-refractivity contribution >= 4 is 5.78 Å². The molecule has 0 amide bonds. The first-order valence-corrected chi connectivity index (χ1v) is 7.46. The van der Waals surface area contributed by atoms with E-state index in [9.17, 15) is 9.90 Å². The van der Waals surface area contributed by atoms with Gasteiger partial charge in [0.25, 0.3) is 0 Å². The Morgan fingerprint density at radius 2 is 1.90 bits per heavy atom. The largest absolute Gasteiger partial charge is 0.390 e. The summed E-state index contributed by atoms with van der Waals surface area (Å²) in [5.74, 6) is 0.173. The standard InChI is InChI=1S/C17H25NO2/c1-13-5-7-15(8-6-13)16(19)14(2)18-11-4-9-17(3,20)10-12-18/h5-8,14,20H,4,9-12H2,1-3H3. The lowest BCUT2D eigenvalue weighted by molar-refractivity contribution is 0.0427. The molecule has 110 valence electrons. The Kier molecular flexibility index (Phi) is 4.61. The lowest BCUT2D eigenvalue weighted by Crippen LogP contribution is -2.40. The number of nitrogens with zero attached hydrogens (tertiary/aromatic N) is 1. The van der Waals surface area contributed by atoms with E-state index in [1.807, 2.05) is 45.0 Å². The molecular weight excluding hydrogens is 250 g/mol. The van der Waals surface area contributed by atoms with Gasteiger partial charge in [-0.05, 0) is 46.6 Å². The molecule has 3 heteroatoms. The van der Waals surface area contributed by atoms with Gasteiger partial charge in [0.1, 0.15) is 0 Å². The van der Waals surface area contributed by atoms with Crippen LogP contribution in [-0.4, -0.2) is 40.5 Å². The number of Topliss-reactive ketones (excluding diaryl/α,β-unsaturated/α-hetero) is 1. The third-order valence-electron chi connectivity index (χ3n) is 4.36. The van der Waals surface area contributed by atoms with E-state index in [2.05, 4.69) is 4.90 Å². The highest BCUT2D eigenvalue weighted by molar-refractivity contribution is 5.99. The first-order chi connectivity index (χ1) is 9.39. The Morgan fingerprint density at radius 1 is 1.25 bits per heavy atom. The third-order valence-corrected chi connectivity index (χ3v) is 4.36. The maximum absolute atomic E-state index is 12.5. The summed E-state index contributed by atoms with van der Waals surface area (Å²) in [5, 5.41) is 10.1. The second-order valence-electron chi connectivity index (χ2n) is 6.29. The van der Waals surface area contributed by atoms with Crippen molar-refractivity contribution in [3.63, 3.8) is 0 Å². The summed E-state index contributed by atoms with van der Waals surface area (Å²) in [6.45, 7) is 7.56. The summed E-state index contributed by atoms with van der Waals surface area (Å²) in [4.78, 5) is 14.7. The number of likely N-dealkylation sites (tertiary alicyclic amines) is 1. The molecule has 2 unspecified atom stereocenters. The number of carbonyl (C=O) groups is 1. The van der Waals surface area contributed by atoms with Crippen LogP contribution < -0.4 is 0 Å². The minimum absolute atomic E-state index is 0.119. The molecule has 1 N–H and O–H groups in total. The van der Waals surface area contributed by atoms with Crippen LogP contribution >= 0.6 is 0 Å². The van der Waals surface area contributed by atoms with Crippen LogP contribution in [0.2, 0.25) is 0 Å². The van der Waals surface area contributed by atoms with Crippen molar-refractivity contribution < 1.29 is 9.90 Å². The molecule has 1 fully saturated rings. The highest BCUT2D eigenvalue weighted by Gasteiger charge is 2.29. The van der Waals surface area contributed by atoms with Crippen LogP contribution in [0.3, 0.4) is 0 Å². The van der Waals surface area contributed by atoms with Crippen molar-refractivity contribution in [2.45, 2.75) is 51.7 Å². The molecule has 20 heavy (non-hydrogen) atoms. The molecule has 1 heterocycles. The van der Waals surface area contributed by atoms with E-state index in [4.69, 9.17) is 0 Å². The molecule has 1 aliphatic heterocycles. The van der Waals surface area contributed by atoms with E-state index in [0.29, 0.717) is 0 Å². The van der Waals surface area contributed by atoms with Crippen molar-refractivity contribution in [1.29, 1.82) is 0 Å². The average molecular weight is 275 g/mol. The van der Waals surface area contributed by atoms with E-state index >= 15 is 0 Å². The zero-order chi connectivity index (χ0) is 14.8. The maximum atomic E-state index is 12.5. The summed E-state index contributed by atoms with van der Waals surface area (Å²) in [6.07, 6.45) is 2.49. The number of aryl methyl sites for hydroxylation is 1. The molecule has 1 aliphatic rings. The smallest absolute Gasteiger partial charge is 0.179 e. The number of hydrogen-bond donors (Lipinski definition) is 1. The highest BCUT2D eigenvalue weighted by atomic mass is 16.3. The molecule has 0 bridgehead atoms. The second kappa shape index (κ2) is 6.06. The molecule has 1 saturated heterocycles. The number of carbonyl (C=O) groups excluding carboxylic acids is 1. The minimum atomic E-state index is -0.582. The zero-order valence-electron chi connectivity index (χ0n) is 12.7. The van der Waals surface area contributed by atoms with Crippen molar-refractivity contribution in [3.05, 3.63) is 35.4 Å².